The molecule has 0 aliphatic heterocycles. The second kappa shape index (κ2) is 5.60. The van der Waals surface area contributed by atoms with Crippen LogP contribution in [0.2, 0.25) is 0 Å². The molecule has 1 aromatic rings. The zero-order chi connectivity index (χ0) is 12.2. The maximum atomic E-state index is 4.29. The second-order valence-corrected chi connectivity index (χ2v) is 6.24. The van der Waals surface area contributed by atoms with Crippen LogP contribution in [0.4, 0.5) is 0 Å². The van der Waals surface area contributed by atoms with Crippen LogP contribution in [0.1, 0.15) is 30.7 Å². The molecule has 0 amide bonds. The van der Waals surface area contributed by atoms with E-state index in [9.17, 15) is 0 Å². The molecule has 1 aromatic heterocycles. The lowest BCUT2D eigenvalue weighted by atomic mass is 9.86. The first-order chi connectivity index (χ1) is 7.45. The molecule has 1 unspecified atom stereocenters. The minimum absolute atomic E-state index is 0.114. The highest BCUT2D eigenvalue weighted by atomic mass is 32.1. The molecule has 0 saturated carbocycles. The highest BCUT2D eigenvalue weighted by molar-refractivity contribution is 7.11. The van der Waals surface area contributed by atoms with E-state index in [1.54, 1.807) is 11.3 Å². The molecule has 0 fully saturated rings. The Bertz CT molecular complexity index is 343. The molecular weight excluding hydrogens is 216 g/mol. The normalized spacial score (nSPS) is 15.1. The first-order valence-electron chi connectivity index (χ1n) is 5.73. The SMILES string of the molecule is C=CC(C)(CNC(C)C)Cc1cnc(C)s1. The van der Waals surface area contributed by atoms with Gasteiger partial charge in [0.2, 0.25) is 0 Å². The van der Waals surface area contributed by atoms with Crippen molar-refractivity contribution >= 4 is 11.3 Å². The summed E-state index contributed by atoms with van der Waals surface area (Å²) in [7, 11) is 0. The molecule has 0 aliphatic carbocycles. The van der Waals surface area contributed by atoms with E-state index >= 15 is 0 Å². The molecule has 0 radical (unpaired) electrons. The molecule has 1 heterocycles. The minimum Gasteiger partial charge on any atom is -0.314 e. The molecule has 0 saturated heterocycles. The number of rotatable bonds is 6. The van der Waals surface area contributed by atoms with Crippen LogP contribution in [0.3, 0.4) is 0 Å². The van der Waals surface area contributed by atoms with Crippen molar-refractivity contribution in [2.24, 2.45) is 5.41 Å². The van der Waals surface area contributed by atoms with Crippen molar-refractivity contribution in [3.05, 3.63) is 28.7 Å². The van der Waals surface area contributed by atoms with Gasteiger partial charge in [-0.2, -0.15) is 0 Å². The molecular formula is C13H22N2S. The lowest BCUT2D eigenvalue weighted by Gasteiger charge is -2.26. The van der Waals surface area contributed by atoms with Crippen LogP contribution in [0, 0.1) is 12.3 Å². The van der Waals surface area contributed by atoms with Gasteiger partial charge in [-0.25, -0.2) is 4.98 Å². The number of nitrogens with one attached hydrogen (secondary N) is 1. The van der Waals surface area contributed by atoms with Gasteiger partial charge in [-0.3, -0.25) is 0 Å². The van der Waals surface area contributed by atoms with Crippen LogP contribution in [0.25, 0.3) is 0 Å². The van der Waals surface area contributed by atoms with Gasteiger partial charge in [-0.1, -0.05) is 26.8 Å². The minimum atomic E-state index is 0.114. The predicted molar refractivity (Wildman–Crippen MR) is 72.0 cm³/mol. The van der Waals surface area contributed by atoms with E-state index in [1.807, 2.05) is 13.1 Å². The summed E-state index contributed by atoms with van der Waals surface area (Å²) in [5.74, 6) is 0. The lowest BCUT2D eigenvalue weighted by molar-refractivity contribution is 0.375. The molecule has 0 aliphatic rings. The average Bonchev–Trinajstić information content (AvgIpc) is 2.61. The van der Waals surface area contributed by atoms with Gasteiger partial charge in [0.15, 0.2) is 0 Å². The van der Waals surface area contributed by atoms with Crippen molar-refractivity contribution < 1.29 is 0 Å². The zero-order valence-electron chi connectivity index (χ0n) is 10.7. The number of aryl methyl sites for hydroxylation is 1. The van der Waals surface area contributed by atoms with Crippen LogP contribution >= 0.6 is 11.3 Å². The highest BCUT2D eigenvalue weighted by Crippen LogP contribution is 2.26. The van der Waals surface area contributed by atoms with Crippen molar-refractivity contribution in [2.45, 2.75) is 40.2 Å². The molecule has 1 N–H and O–H groups in total. The van der Waals surface area contributed by atoms with Crippen molar-refractivity contribution in [3.63, 3.8) is 0 Å². The van der Waals surface area contributed by atoms with Gasteiger partial charge in [0.25, 0.3) is 0 Å². The van der Waals surface area contributed by atoms with E-state index in [0.29, 0.717) is 6.04 Å². The van der Waals surface area contributed by atoms with Crippen LogP contribution in [-0.4, -0.2) is 17.6 Å². The van der Waals surface area contributed by atoms with Gasteiger partial charge in [0.05, 0.1) is 5.01 Å². The maximum absolute atomic E-state index is 4.29. The van der Waals surface area contributed by atoms with E-state index in [0.717, 1.165) is 18.0 Å². The first-order valence-corrected chi connectivity index (χ1v) is 6.55. The fraction of sp³-hybridized carbons (Fsp3) is 0.615. The summed E-state index contributed by atoms with van der Waals surface area (Å²) < 4.78 is 0. The van der Waals surface area contributed by atoms with Gasteiger partial charge in [-0.05, 0) is 13.3 Å². The summed E-state index contributed by atoms with van der Waals surface area (Å²) in [5.41, 5.74) is 0.114. The summed E-state index contributed by atoms with van der Waals surface area (Å²) in [4.78, 5) is 5.63. The molecule has 0 bridgehead atoms. The van der Waals surface area contributed by atoms with Crippen molar-refractivity contribution in [2.75, 3.05) is 6.54 Å². The summed E-state index contributed by atoms with van der Waals surface area (Å²) in [6, 6.07) is 0.516. The first kappa shape index (κ1) is 13.4. The second-order valence-electron chi connectivity index (χ2n) is 4.92. The lowest BCUT2D eigenvalue weighted by Crippen LogP contribution is -2.35. The molecule has 16 heavy (non-hydrogen) atoms. The monoisotopic (exact) mass is 238 g/mol. The van der Waals surface area contributed by atoms with Crippen molar-refractivity contribution in [3.8, 4) is 0 Å². The Labute approximate surface area is 103 Å². The summed E-state index contributed by atoms with van der Waals surface area (Å²) in [5, 5.41) is 4.61. The van der Waals surface area contributed by atoms with Crippen LogP contribution in [0.15, 0.2) is 18.9 Å². The zero-order valence-corrected chi connectivity index (χ0v) is 11.5. The summed E-state index contributed by atoms with van der Waals surface area (Å²) in [6.07, 6.45) is 5.05. The Morgan fingerprint density at radius 2 is 2.31 bits per heavy atom. The van der Waals surface area contributed by atoms with E-state index in [-0.39, 0.29) is 5.41 Å². The van der Waals surface area contributed by atoms with Crippen LogP contribution < -0.4 is 5.32 Å². The standard InChI is InChI=1S/C13H22N2S/c1-6-13(5,9-15-10(2)3)7-12-8-14-11(4)16-12/h6,8,10,15H,1,7,9H2,2-5H3. The van der Waals surface area contributed by atoms with Crippen LogP contribution in [0.5, 0.6) is 0 Å². The number of thiazole rings is 1. The molecule has 90 valence electrons. The number of nitrogens with zero attached hydrogens (tertiary/aromatic N) is 1. The fourth-order valence-electron chi connectivity index (χ4n) is 1.53. The van der Waals surface area contributed by atoms with Gasteiger partial charge < -0.3 is 5.32 Å². The largest absolute Gasteiger partial charge is 0.314 e. The van der Waals surface area contributed by atoms with E-state index in [4.69, 9.17) is 0 Å². The van der Waals surface area contributed by atoms with Gasteiger partial charge in [0, 0.05) is 29.1 Å². The third-order valence-corrected chi connectivity index (χ3v) is 3.57. The Morgan fingerprint density at radius 3 is 2.75 bits per heavy atom. The average molecular weight is 238 g/mol. The van der Waals surface area contributed by atoms with E-state index in [1.165, 1.54) is 4.88 Å². The van der Waals surface area contributed by atoms with E-state index < -0.39 is 0 Å². The molecule has 1 rings (SSSR count). The Kier molecular flexibility index (Phi) is 4.69. The Hall–Kier alpha value is -0.670. The molecule has 2 nitrogen and oxygen atoms in total. The Morgan fingerprint density at radius 1 is 1.62 bits per heavy atom. The van der Waals surface area contributed by atoms with Crippen molar-refractivity contribution in [1.29, 1.82) is 0 Å². The van der Waals surface area contributed by atoms with Crippen molar-refractivity contribution in [1.82, 2.24) is 10.3 Å². The molecule has 0 spiro atoms. The molecule has 0 aromatic carbocycles. The predicted octanol–water partition coefficient (Wildman–Crippen LogP) is 3.18. The Balaban J connectivity index is 2.62. The smallest absolute Gasteiger partial charge is 0.0896 e. The van der Waals surface area contributed by atoms with Gasteiger partial charge in [-0.15, -0.1) is 17.9 Å². The van der Waals surface area contributed by atoms with Gasteiger partial charge in [0.1, 0.15) is 0 Å². The third kappa shape index (κ3) is 4.06. The van der Waals surface area contributed by atoms with Crippen LogP contribution in [-0.2, 0) is 6.42 Å². The topological polar surface area (TPSA) is 24.9 Å². The van der Waals surface area contributed by atoms with Gasteiger partial charge >= 0.3 is 0 Å². The van der Waals surface area contributed by atoms with E-state index in [2.05, 4.69) is 43.7 Å². The highest BCUT2D eigenvalue weighted by Gasteiger charge is 2.21. The number of hydrogen-bond donors (Lipinski definition) is 1. The maximum Gasteiger partial charge on any atom is 0.0896 e. The fourth-order valence-corrected chi connectivity index (χ4v) is 2.52. The number of hydrogen-bond acceptors (Lipinski definition) is 3. The summed E-state index contributed by atoms with van der Waals surface area (Å²) >= 11 is 1.78. The third-order valence-electron chi connectivity index (χ3n) is 2.65. The molecule has 3 heteroatoms. The quantitative estimate of drug-likeness (QED) is 0.770. The summed E-state index contributed by atoms with van der Waals surface area (Å²) in [6.45, 7) is 13.5. The number of aromatic nitrogens is 1. The molecule has 1 atom stereocenters.